The van der Waals surface area contributed by atoms with Crippen LogP contribution < -0.4 is 9.47 Å². The van der Waals surface area contributed by atoms with Gasteiger partial charge in [0.25, 0.3) is 0 Å². The van der Waals surface area contributed by atoms with Crippen LogP contribution in [0.2, 0.25) is 0 Å². The van der Waals surface area contributed by atoms with Crippen LogP contribution in [0.25, 0.3) is 6.08 Å². The summed E-state index contributed by atoms with van der Waals surface area (Å²) in [4.78, 5) is 27.6. The second-order valence-electron chi connectivity index (χ2n) is 5.35. The Balaban J connectivity index is 1.92. The maximum Gasteiger partial charge on any atom is 0.363 e. The van der Waals surface area contributed by atoms with E-state index in [1.165, 1.54) is 14.0 Å². The predicted octanol–water partition coefficient (Wildman–Crippen LogP) is 3.73. The van der Waals surface area contributed by atoms with Crippen LogP contribution in [-0.2, 0) is 14.3 Å². The topological polar surface area (TPSA) is 74.2 Å². The monoisotopic (exact) mass is 415 g/mol. The van der Waals surface area contributed by atoms with E-state index in [0.29, 0.717) is 16.9 Å². The van der Waals surface area contributed by atoms with Crippen molar-refractivity contribution in [2.45, 2.75) is 6.92 Å². The van der Waals surface area contributed by atoms with Crippen molar-refractivity contribution in [3.05, 3.63) is 63.8 Å². The molecule has 0 unspecified atom stereocenters. The van der Waals surface area contributed by atoms with Crippen LogP contribution in [0.15, 0.2) is 57.6 Å². The summed E-state index contributed by atoms with van der Waals surface area (Å²) in [6.45, 7) is 1.30. The largest absolute Gasteiger partial charge is 0.493 e. The number of halogens is 1. The number of carbonyl (C=O) groups excluding carboxylic acids is 2. The molecule has 0 atom stereocenters. The zero-order valence-corrected chi connectivity index (χ0v) is 15.6. The van der Waals surface area contributed by atoms with Crippen LogP contribution in [0.4, 0.5) is 0 Å². The number of nitrogens with zero attached hydrogens (tertiary/aromatic N) is 1. The van der Waals surface area contributed by atoms with Crippen LogP contribution >= 0.6 is 15.9 Å². The Bertz CT molecular complexity index is 931. The molecule has 0 radical (unpaired) electrons. The maximum absolute atomic E-state index is 12.1. The molecule has 6 nitrogen and oxygen atoms in total. The van der Waals surface area contributed by atoms with E-state index >= 15 is 0 Å². The second kappa shape index (κ2) is 7.53. The third-order valence-corrected chi connectivity index (χ3v) is 3.99. The standard InChI is InChI=1S/C19H14BrNO5/c1-11(22)25-17-10-12(3-8-16(17)24-2)9-15-19(23)26-18(21-15)13-4-6-14(20)7-5-13/h3-10H,1-2H3/b15-9-. The van der Waals surface area contributed by atoms with Gasteiger partial charge in [-0.3, -0.25) is 4.79 Å². The molecule has 0 amide bonds. The van der Waals surface area contributed by atoms with Crippen LogP contribution in [0.3, 0.4) is 0 Å². The summed E-state index contributed by atoms with van der Waals surface area (Å²) in [5.41, 5.74) is 1.47. The second-order valence-corrected chi connectivity index (χ2v) is 6.26. The number of carbonyl (C=O) groups is 2. The van der Waals surface area contributed by atoms with Crippen molar-refractivity contribution in [3.8, 4) is 11.5 Å². The lowest BCUT2D eigenvalue weighted by molar-refractivity contribution is -0.132. The number of hydrogen-bond donors (Lipinski definition) is 0. The summed E-state index contributed by atoms with van der Waals surface area (Å²) in [5.74, 6) is -0.104. The fourth-order valence-electron chi connectivity index (χ4n) is 2.30. The van der Waals surface area contributed by atoms with Gasteiger partial charge in [-0.15, -0.1) is 0 Å². The van der Waals surface area contributed by atoms with Crippen molar-refractivity contribution < 1.29 is 23.8 Å². The Morgan fingerprint density at radius 3 is 2.54 bits per heavy atom. The van der Waals surface area contributed by atoms with E-state index in [4.69, 9.17) is 14.2 Å². The number of rotatable bonds is 4. The highest BCUT2D eigenvalue weighted by atomic mass is 79.9. The van der Waals surface area contributed by atoms with Gasteiger partial charge in [-0.2, -0.15) is 0 Å². The summed E-state index contributed by atoms with van der Waals surface area (Å²) in [7, 11) is 1.48. The number of ether oxygens (including phenoxy) is 3. The van der Waals surface area contributed by atoms with Crippen molar-refractivity contribution in [2.24, 2.45) is 4.99 Å². The fourth-order valence-corrected chi connectivity index (χ4v) is 2.56. The van der Waals surface area contributed by atoms with E-state index < -0.39 is 11.9 Å². The summed E-state index contributed by atoms with van der Waals surface area (Å²) in [6, 6.07) is 12.2. The van der Waals surface area contributed by atoms with E-state index in [1.54, 1.807) is 36.4 Å². The minimum Gasteiger partial charge on any atom is -0.493 e. The smallest absolute Gasteiger partial charge is 0.363 e. The molecule has 1 heterocycles. The number of aliphatic imine (C=N–C) groups is 1. The van der Waals surface area contributed by atoms with Crippen molar-refractivity contribution in [2.75, 3.05) is 7.11 Å². The summed E-state index contributed by atoms with van der Waals surface area (Å²) >= 11 is 3.35. The molecule has 0 bridgehead atoms. The molecular weight excluding hydrogens is 402 g/mol. The first-order chi connectivity index (χ1) is 12.5. The van der Waals surface area contributed by atoms with E-state index in [1.807, 2.05) is 12.1 Å². The van der Waals surface area contributed by atoms with Gasteiger partial charge >= 0.3 is 11.9 Å². The fraction of sp³-hybridized carbons (Fsp3) is 0.105. The lowest BCUT2D eigenvalue weighted by atomic mass is 10.1. The number of benzene rings is 2. The molecule has 0 saturated heterocycles. The molecule has 7 heteroatoms. The van der Waals surface area contributed by atoms with Gasteiger partial charge in [0.1, 0.15) is 0 Å². The summed E-state index contributed by atoms with van der Waals surface area (Å²) in [6.07, 6.45) is 1.56. The van der Waals surface area contributed by atoms with Gasteiger partial charge < -0.3 is 14.2 Å². The lowest BCUT2D eigenvalue weighted by Crippen LogP contribution is -2.05. The van der Waals surface area contributed by atoms with E-state index in [-0.39, 0.29) is 17.3 Å². The zero-order valence-electron chi connectivity index (χ0n) is 14.0. The zero-order chi connectivity index (χ0) is 18.7. The number of esters is 2. The average Bonchev–Trinajstić information content (AvgIpc) is 2.96. The minimum atomic E-state index is -0.548. The third kappa shape index (κ3) is 4.00. The van der Waals surface area contributed by atoms with Crippen molar-refractivity contribution in [1.82, 2.24) is 0 Å². The SMILES string of the molecule is COc1ccc(/C=C2\N=C(c3ccc(Br)cc3)OC2=O)cc1OC(C)=O. The highest BCUT2D eigenvalue weighted by Crippen LogP contribution is 2.30. The van der Waals surface area contributed by atoms with E-state index in [9.17, 15) is 9.59 Å². The number of methoxy groups -OCH3 is 1. The molecule has 2 aromatic carbocycles. The minimum absolute atomic E-state index is 0.155. The van der Waals surface area contributed by atoms with Crippen LogP contribution in [-0.4, -0.2) is 24.9 Å². The van der Waals surface area contributed by atoms with Crippen LogP contribution in [0.5, 0.6) is 11.5 Å². The molecule has 0 N–H and O–H groups in total. The molecular formula is C19H14BrNO5. The van der Waals surface area contributed by atoms with Crippen molar-refractivity contribution in [3.63, 3.8) is 0 Å². The number of cyclic esters (lactones) is 1. The quantitative estimate of drug-likeness (QED) is 0.432. The molecule has 0 aliphatic carbocycles. The van der Waals surface area contributed by atoms with Gasteiger partial charge in [0, 0.05) is 17.0 Å². The molecule has 0 spiro atoms. The Morgan fingerprint density at radius 2 is 1.88 bits per heavy atom. The van der Waals surface area contributed by atoms with Crippen molar-refractivity contribution in [1.29, 1.82) is 0 Å². The van der Waals surface area contributed by atoms with Crippen LogP contribution in [0, 0.1) is 0 Å². The molecule has 3 rings (SSSR count). The van der Waals surface area contributed by atoms with Gasteiger partial charge in [-0.1, -0.05) is 22.0 Å². The van der Waals surface area contributed by atoms with E-state index in [0.717, 1.165) is 4.47 Å². The summed E-state index contributed by atoms with van der Waals surface area (Å²) < 4.78 is 16.4. The maximum atomic E-state index is 12.1. The average molecular weight is 416 g/mol. The highest BCUT2D eigenvalue weighted by molar-refractivity contribution is 9.10. The molecule has 1 aliphatic rings. The first-order valence-electron chi connectivity index (χ1n) is 7.61. The number of hydrogen-bond acceptors (Lipinski definition) is 6. The third-order valence-electron chi connectivity index (χ3n) is 3.46. The Morgan fingerprint density at radius 1 is 1.15 bits per heavy atom. The Kier molecular flexibility index (Phi) is 5.18. The van der Waals surface area contributed by atoms with Gasteiger partial charge in [0.2, 0.25) is 5.90 Å². The molecule has 132 valence electrons. The van der Waals surface area contributed by atoms with Gasteiger partial charge in [-0.05, 0) is 48.0 Å². The first-order valence-corrected chi connectivity index (χ1v) is 8.40. The van der Waals surface area contributed by atoms with Crippen LogP contribution in [0.1, 0.15) is 18.1 Å². The lowest BCUT2D eigenvalue weighted by Gasteiger charge is -2.08. The summed E-state index contributed by atoms with van der Waals surface area (Å²) in [5, 5.41) is 0. The predicted molar refractivity (Wildman–Crippen MR) is 99.1 cm³/mol. The Hall–Kier alpha value is -2.93. The van der Waals surface area contributed by atoms with Gasteiger partial charge in [0.05, 0.1) is 7.11 Å². The van der Waals surface area contributed by atoms with Gasteiger partial charge in [0.15, 0.2) is 17.2 Å². The molecule has 0 aromatic heterocycles. The molecule has 0 saturated carbocycles. The molecule has 1 aliphatic heterocycles. The normalized spacial score (nSPS) is 14.8. The molecule has 0 fully saturated rings. The molecule has 2 aromatic rings. The van der Waals surface area contributed by atoms with Crippen molar-refractivity contribution >= 4 is 39.8 Å². The Labute approximate surface area is 158 Å². The first kappa shape index (κ1) is 17.9. The highest BCUT2D eigenvalue weighted by Gasteiger charge is 2.24. The van der Waals surface area contributed by atoms with E-state index in [2.05, 4.69) is 20.9 Å². The van der Waals surface area contributed by atoms with Gasteiger partial charge in [-0.25, -0.2) is 9.79 Å². The molecule has 26 heavy (non-hydrogen) atoms.